The van der Waals surface area contributed by atoms with E-state index in [9.17, 15) is 0 Å². The summed E-state index contributed by atoms with van der Waals surface area (Å²) in [4.78, 5) is 0. The quantitative estimate of drug-likeness (QED) is 0.757. The molecule has 0 amide bonds. The first-order valence-electron chi connectivity index (χ1n) is 7.90. The molecule has 0 aliphatic carbocycles. The third-order valence-corrected chi connectivity index (χ3v) is 4.29. The third kappa shape index (κ3) is 2.29. The highest BCUT2D eigenvalue weighted by Gasteiger charge is 2.41. The molecule has 3 nitrogen and oxygen atoms in total. The van der Waals surface area contributed by atoms with Gasteiger partial charge in [0.1, 0.15) is 17.2 Å². The molecule has 2 aromatic carbocycles. The summed E-state index contributed by atoms with van der Waals surface area (Å²) in [5, 5.41) is 0. The Balaban J connectivity index is 1.82. The van der Waals surface area contributed by atoms with Crippen LogP contribution in [0.3, 0.4) is 0 Å². The number of methoxy groups -OCH3 is 1. The van der Waals surface area contributed by atoms with Crippen molar-refractivity contribution >= 4 is 12.2 Å². The van der Waals surface area contributed by atoms with Crippen LogP contribution in [0.15, 0.2) is 66.8 Å². The van der Waals surface area contributed by atoms with Crippen molar-refractivity contribution in [2.45, 2.75) is 12.2 Å². The Morgan fingerprint density at radius 1 is 1.08 bits per heavy atom. The fraction of sp³-hybridized carbons (Fsp3) is 0.143. The zero-order chi connectivity index (χ0) is 16.6. The van der Waals surface area contributed by atoms with E-state index in [1.54, 1.807) is 7.11 Å². The van der Waals surface area contributed by atoms with E-state index in [0.29, 0.717) is 6.42 Å². The lowest BCUT2D eigenvalue weighted by Gasteiger charge is -2.39. The number of fused-ring (bicyclic) bond motifs is 2. The molecular formula is C21H18O3. The normalized spacial score (nSPS) is 20.3. The maximum absolute atomic E-state index is 6.32. The lowest BCUT2D eigenvalue weighted by molar-refractivity contribution is -0.0427. The molecule has 0 N–H and O–H groups in total. The zero-order valence-corrected chi connectivity index (χ0v) is 13.5. The number of allylic oxidation sites excluding steroid dienone is 1. The smallest absolute Gasteiger partial charge is 0.295 e. The molecule has 2 aliphatic heterocycles. The molecule has 2 aromatic rings. The van der Waals surface area contributed by atoms with Crippen LogP contribution in [0.2, 0.25) is 0 Å². The van der Waals surface area contributed by atoms with Gasteiger partial charge in [0.25, 0.3) is 5.79 Å². The third-order valence-electron chi connectivity index (χ3n) is 4.29. The minimum atomic E-state index is -0.943. The van der Waals surface area contributed by atoms with Crippen LogP contribution in [0.5, 0.6) is 17.2 Å². The molecular weight excluding hydrogens is 300 g/mol. The topological polar surface area (TPSA) is 27.7 Å². The minimum Gasteiger partial charge on any atom is -0.497 e. The van der Waals surface area contributed by atoms with Gasteiger partial charge in [-0.15, -0.1) is 6.58 Å². The van der Waals surface area contributed by atoms with Crippen LogP contribution in [-0.4, -0.2) is 12.9 Å². The Bertz CT molecular complexity index is 863. The number of ether oxygens (including phenoxy) is 3. The summed E-state index contributed by atoms with van der Waals surface area (Å²) in [7, 11) is 1.65. The molecule has 0 saturated heterocycles. The molecule has 3 heteroatoms. The molecule has 24 heavy (non-hydrogen) atoms. The van der Waals surface area contributed by atoms with Crippen LogP contribution >= 0.6 is 0 Å². The van der Waals surface area contributed by atoms with Crippen LogP contribution < -0.4 is 14.2 Å². The first-order valence-corrected chi connectivity index (χ1v) is 7.90. The van der Waals surface area contributed by atoms with Crippen LogP contribution in [0.4, 0.5) is 0 Å². The maximum Gasteiger partial charge on any atom is 0.295 e. The second-order valence-electron chi connectivity index (χ2n) is 5.81. The van der Waals surface area contributed by atoms with E-state index in [4.69, 9.17) is 14.2 Å². The van der Waals surface area contributed by atoms with Crippen molar-refractivity contribution in [3.63, 3.8) is 0 Å². The predicted octanol–water partition coefficient (Wildman–Crippen LogP) is 4.85. The van der Waals surface area contributed by atoms with Gasteiger partial charge in [-0.05, 0) is 36.8 Å². The molecule has 0 aromatic heterocycles. The predicted molar refractivity (Wildman–Crippen MR) is 95.2 cm³/mol. The molecule has 120 valence electrons. The first kappa shape index (κ1) is 14.6. The van der Waals surface area contributed by atoms with E-state index in [2.05, 4.69) is 12.7 Å². The highest BCUT2D eigenvalue weighted by molar-refractivity contribution is 5.70. The summed E-state index contributed by atoms with van der Waals surface area (Å²) in [6, 6.07) is 13.7. The molecule has 1 unspecified atom stereocenters. The average Bonchev–Trinajstić information content (AvgIpc) is 2.62. The van der Waals surface area contributed by atoms with Crippen molar-refractivity contribution in [2.24, 2.45) is 0 Å². The largest absolute Gasteiger partial charge is 0.497 e. The molecule has 1 spiro atoms. The molecule has 4 rings (SSSR count). The Kier molecular flexibility index (Phi) is 3.42. The highest BCUT2D eigenvalue weighted by atomic mass is 16.7. The van der Waals surface area contributed by atoms with Gasteiger partial charge in [-0.25, -0.2) is 0 Å². The van der Waals surface area contributed by atoms with E-state index < -0.39 is 5.79 Å². The second-order valence-corrected chi connectivity index (χ2v) is 5.81. The van der Waals surface area contributed by atoms with Crippen molar-refractivity contribution in [1.29, 1.82) is 0 Å². The molecule has 2 aliphatic rings. The highest BCUT2D eigenvalue weighted by Crippen LogP contribution is 2.44. The Morgan fingerprint density at radius 2 is 1.92 bits per heavy atom. The minimum absolute atomic E-state index is 0.679. The van der Waals surface area contributed by atoms with Gasteiger partial charge in [-0.2, -0.15) is 0 Å². The summed E-state index contributed by atoms with van der Waals surface area (Å²) in [6.45, 7) is 3.86. The van der Waals surface area contributed by atoms with E-state index in [1.165, 1.54) is 0 Å². The van der Waals surface area contributed by atoms with Crippen molar-refractivity contribution in [3.05, 3.63) is 77.9 Å². The van der Waals surface area contributed by atoms with Crippen molar-refractivity contribution in [2.75, 3.05) is 7.11 Å². The SMILES string of the molecule is C=CCC1=Cc2ccc(OC)cc2OC12C=Cc1ccccc1O2. The molecule has 0 fully saturated rings. The molecule has 1 atom stereocenters. The van der Waals surface area contributed by atoms with Gasteiger partial charge in [-0.3, -0.25) is 0 Å². The monoisotopic (exact) mass is 318 g/mol. The van der Waals surface area contributed by atoms with Gasteiger partial charge in [0.2, 0.25) is 0 Å². The summed E-state index contributed by atoms with van der Waals surface area (Å²) >= 11 is 0. The number of rotatable bonds is 3. The lowest BCUT2D eigenvalue weighted by atomic mass is 9.93. The van der Waals surface area contributed by atoms with Gasteiger partial charge < -0.3 is 14.2 Å². The molecule has 0 radical (unpaired) electrons. The number of para-hydroxylation sites is 1. The Morgan fingerprint density at radius 3 is 2.75 bits per heavy atom. The number of hydrogen-bond acceptors (Lipinski definition) is 3. The Hall–Kier alpha value is -2.94. The number of benzene rings is 2. The second kappa shape index (κ2) is 5.60. The summed E-state index contributed by atoms with van der Waals surface area (Å²) < 4.78 is 17.9. The van der Waals surface area contributed by atoms with Crippen molar-refractivity contribution < 1.29 is 14.2 Å². The fourth-order valence-corrected chi connectivity index (χ4v) is 3.06. The van der Waals surface area contributed by atoms with Gasteiger partial charge in [0, 0.05) is 28.8 Å². The van der Waals surface area contributed by atoms with E-state index >= 15 is 0 Å². The van der Waals surface area contributed by atoms with Crippen LogP contribution in [0, 0.1) is 0 Å². The summed E-state index contributed by atoms with van der Waals surface area (Å²) in [5.41, 5.74) is 3.07. The van der Waals surface area contributed by atoms with Crippen LogP contribution in [0.1, 0.15) is 17.5 Å². The molecule has 2 heterocycles. The van der Waals surface area contributed by atoms with Gasteiger partial charge >= 0.3 is 0 Å². The van der Waals surface area contributed by atoms with E-state index in [-0.39, 0.29) is 0 Å². The summed E-state index contributed by atoms with van der Waals surface area (Å²) in [5.74, 6) is 1.36. The average molecular weight is 318 g/mol. The molecule has 0 saturated carbocycles. The van der Waals surface area contributed by atoms with Crippen LogP contribution in [-0.2, 0) is 0 Å². The fourth-order valence-electron chi connectivity index (χ4n) is 3.06. The summed E-state index contributed by atoms with van der Waals surface area (Å²) in [6.07, 6.45) is 8.66. The van der Waals surface area contributed by atoms with Crippen LogP contribution in [0.25, 0.3) is 12.2 Å². The molecule has 0 bridgehead atoms. The first-order chi connectivity index (χ1) is 11.7. The van der Waals surface area contributed by atoms with Crippen molar-refractivity contribution in [1.82, 2.24) is 0 Å². The lowest BCUT2D eigenvalue weighted by Crippen LogP contribution is -2.45. The number of hydrogen-bond donors (Lipinski definition) is 0. The zero-order valence-electron chi connectivity index (χ0n) is 13.5. The Labute approximate surface area is 141 Å². The van der Waals surface area contributed by atoms with E-state index in [0.717, 1.165) is 33.9 Å². The van der Waals surface area contributed by atoms with Gasteiger partial charge in [-0.1, -0.05) is 24.3 Å². The standard InChI is InChI=1S/C21H18O3/c1-3-6-17-13-16-9-10-18(22-2)14-20(16)24-21(17)12-11-15-7-4-5-8-19(15)23-21/h3-5,7-14H,1,6H2,2H3. The van der Waals surface area contributed by atoms with Gasteiger partial charge in [0.05, 0.1) is 7.11 Å². The van der Waals surface area contributed by atoms with E-state index in [1.807, 2.05) is 60.7 Å². The maximum atomic E-state index is 6.32. The van der Waals surface area contributed by atoms with Gasteiger partial charge in [0.15, 0.2) is 0 Å². The van der Waals surface area contributed by atoms with Crippen molar-refractivity contribution in [3.8, 4) is 17.2 Å².